The Morgan fingerprint density at radius 3 is 2.54 bits per heavy atom. The van der Waals surface area contributed by atoms with Crippen LogP contribution in [0.15, 0.2) is 47.0 Å². The van der Waals surface area contributed by atoms with E-state index >= 15 is 0 Å². The lowest BCUT2D eigenvalue weighted by molar-refractivity contribution is 0.183. The topological polar surface area (TPSA) is 60.7 Å². The van der Waals surface area contributed by atoms with Gasteiger partial charge in [0.1, 0.15) is 17.7 Å². The summed E-state index contributed by atoms with van der Waals surface area (Å²) in [5.41, 5.74) is 2.52. The summed E-state index contributed by atoms with van der Waals surface area (Å²) in [5, 5.41) is 20.1. The normalized spacial score (nSPS) is 20.8. The number of hydrogen-bond donors (Lipinski definition) is 3. The van der Waals surface area contributed by atoms with E-state index < -0.39 is 36.4 Å². The van der Waals surface area contributed by atoms with E-state index in [4.69, 9.17) is 0 Å². The third-order valence-corrected chi connectivity index (χ3v) is 7.82. The van der Waals surface area contributed by atoms with Crippen molar-refractivity contribution in [3.63, 3.8) is 0 Å². The molecule has 3 atom stereocenters. The number of rotatable bonds is 11. The van der Waals surface area contributed by atoms with Gasteiger partial charge in [-0.25, -0.2) is 4.39 Å². The van der Waals surface area contributed by atoms with Crippen LogP contribution in [-0.2, 0) is 0 Å². The Balaban J connectivity index is 3.39. The van der Waals surface area contributed by atoms with Crippen molar-refractivity contribution in [3.05, 3.63) is 47.0 Å². The number of aliphatic hydroxyl groups is 2. The monoisotopic (exact) mass is 430 g/mol. The molecule has 0 amide bonds. The molecule has 3 N–H and O–H groups in total. The maximum atomic E-state index is 14.1. The first-order valence-corrected chi connectivity index (χ1v) is 15.8. The molecule has 0 fully saturated rings. The van der Waals surface area contributed by atoms with Gasteiger partial charge < -0.3 is 15.0 Å². The van der Waals surface area contributed by atoms with Crippen molar-refractivity contribution in [2.45, 2.75) is 69.9 Å². The van der Waals surface area contributed by atoms with Gasteiger partial charge in [0.05, 0.1) is 6.67 Å². The standard InChI is InChI=1S/C21H36F2O3Si2/c1-15(24)13-18(17(7-10-22)8-11-27(2)3)19-14-21(25)20(23)6-5-16(19)9-12-28(4)26/h6,13,17,21,24-28H,1,5,7-12,14H2,2-4H3/b18-13+. The Morgan fingerprint density at radius 1 is 1.32 bits per heavy atom. The molecule has 0 radical (unpaired) electrons. The summed E-state index contributed by atoms with van der Waals surface area (Å²) >= 11 is 0. The van der Waals surface area contributed by atoms with Crippen LogP contribution < -0.4 is 0 Å². The first-order valence-electron chi connectivity index (χ1n) is 10.2. The predicted octanol–water partition coefficient (Wildman–Crippen LogP) is 4.88. The molecule has 28 heavy (non-hydrogen) atoms. The van der Waals surface area contributed by atoms with E-state index in [9.17, 15) is 23.8 Å². The van der Waals surface area contributed by atoms with Crippen LogP contribution in [0.2, 0.25) is 31.7 Å². The van der Waals surface area contributed by atoms with Gasteiger partial charge >= 0.3 is 0 Å². The molecule has 0 heterocycles. The predicted molar refractivity (Wildman–Crippen MR) is 118 cm³/mol. The Morgan fingerprint density at radius 2 is 2.00 bits per heavy atom. The fraction of sp³-hybridized carbons (Fsp3) is 0.619. The minimum atomic E-state index is -1.79. The summed E-state index contributed by atoms with van der Waals surface area (Å²) in [4.78, 5) is 9.83. The van der Waals surface area contributed by atoms with Crippen LogP contribution in [0.4, 0.5) is 8.78 Å². The van der Waals surface area contributed by atoms with Crippen LogP contribution in [0.1, 0.15) is 32.1 Å². The molecule has 1 aliphatic carbocycles. The van der Waals surface area contributed by atoms with Crippen molar-refractivity contribution in [3.8, 4) is 0 Å². The summed E-state index contributed by atoms with van der Waals surface area (Å²) in [6, 6.07) is 1.70. The van der Waals surface area contributed by atoms with Crippen LogP contribution in [0, 0.1) is 5.92 Å². The average molecular weight is 431 g/mol. The summed E-state index contributed by atoms with van der Waals surface area (Å²) in [6.45, 7) is 9.43. The van der Waals surface area contributed by atoms with Gasteiger partial charge in [-0.2, -0.15) is 0 Å². The number of hydrogen-bond acceptors (Lipinski definition) is 3. The van der Waals surface area contributed by atoms with Gasteiger partial charge in [0.25, 0.3) is 0 Å². The van der Waals surface area contributed by atoms with Gasteiger partial charge in [0, 0.05) is 15.2 Å². The van der Waals surface area contributed by atoms with E-state index in [0.717, 1.165) is 29.2 Å². The minimum Gasteiger partial charge on any atom is -0.509 e. The van der Waals surface area contributed by atoms with E-state index in [1.165, 1.54) is 6.08 Å². The van der Waals surface area contributed by atoms with Crippen molar-refractivity contribution in [2.24, 2.45) is 5.92 Å². The maximum Gasteiger partial charge on any atom is 0.169 e. The summed E-state index contributed by atoms with van der Waals surface area (Å²) < 4.78 is 27.5. The summed E-state index contributed by atoms with van der Waals surface area (Å²) in [6.07, 6.45) is 3.93. The van der Waals surface area contributed by atoms with Gasteiger partial charge in [-0.15, -0.1) is 0 Å². The molecule has 3 unspecified atom stereocenters. The zero-order valence-corrected chi connectivity index (χ0v) is 19.7. The molecule has 0 saturated heterocycles. The Labute approximate surface area is 171 Å². The van der Waals surface area contributed by atoms with Gasteiger partial charge in [0.2, 0.25) is 0 Å². The molecule has 0 bridgehead atoms. The fourth-order valence-electron chi connectivity index (χ4n) is 3.63. The maximum absolute atomic E-state index is 14.1. The molecular weight excluding hydrogens is 394 g/mol. The molecule has 7 heteroatoms. The largest absolute Gasteiger partial charge is 0.509 e. The van der Waals surface area contributed by atoms with Crippen molar-refractivity contribution < 1.29 is 23.8 Å². The molecule has 3 nitrogen and oxygen atoms in total. The second kappa shape index (κ2) is 12.5. The number of alkyl halides is 1. The van der Waals surface area contributed by atoms with Crippen LogP contribution in [0.5, 0.6) is 0 Å². The van der Waals surface area contributed by atoms with Gasteiger partial charge in [-0.3, -0.25) is 4.39 Å². The lowest BCUT2D eigenvalue weighted by Gasteiger charge is -2.26. The molecule has 0 aromatic rings. The lowest BCUT2D eigenvalue weighted by atomic mass is 9.82. The molecule has 0 aromatic heterocycles. The number of halogens is 2. The molecule has 0 aromatic carbocycles. The summed E-state index contributed by atoms with van der Waals surface area (Å²) in [5.74, 6) is -0.781. The highest BCUT2D eigenvalue weighted by atomic mass is 28.3. The molecule has 0 saturated carbocycles. The van der Waals surface area contributed by atoms with E-state index in [1.807, 2.05) is 6.55 Å². The van der Waals surface area contributed by atoms with Gasteiger partial charge in [0.15, 0.2) is 9.04 Å². The van der Waals surface area contributed by atoms with E-state index in [-0.39, 0.29) is 18.1 Å². The minimum absolute atomic E-state index is 0.0973. The van der Waals surface area contributed by atoms with Gasteiger partial charge in [-0.05, 0) is 67.5 Å². The van der Waals surface area contributed by atoms with Crippen LogP contribution in [-0.4, -0.2) is 45.6 Å². The van der Waals surface area contributed by atoms with E-state index in [2.05, 4.69) is 19.7 Å². The van der Waals surface area contributed by atoms with Crippen molar-refractivity contribution in [1.29, 1.82) is 0 Å². The summed E-state index contributed by atoms with van der Waals surface area (Å²) in [7, 11) is -2.63. The molecule has 160 valence electrons. The molecular formula is C21H36F2O3Si2. The van der Waals surface area contributed by atoms with Crippen molar-refractivity contribution in [1.82, 2.24) is 0 Å². The third-order valence-electron chi connectivity index (χ3n) is 5.21. The molecule has 0 spiro atoms. The average Bonchev–Trinajstić information content (AvgIpc) is 2.74. The second-order valence-electron chi connectivity index (χ2n) is 8.22. The Hall–Kier alpha value is -1.03. The van der Waals surface area contributed by atoms with Gasteiger partial charge in [-0.1, -0.05) is 31.3 Å². The molecule has 1 aliphatic rings. The first-order chi connectivity index (χ1) is 13.1. The number of aliphatic hydroxyl groups excluding tert-OH is 2. The quantitative estimate of drug-likeness (QED) is 0.249. The van der Waals surface area contributed by atoms with Crippen molar-refractivity contribution in [2.75, 3.05) is 6.67 Å². The van der Waals surface area contributed by atoms with Crippen LogP contribution in [0.3, 0.4) is 0 Å². The first kappa shape index (κ1) is 25.0. The van der Waals surface area contributed by atoms with E-state index in [1.54, 1.807) is 6.08 Å². The highest BCUT2D eigenvalue weighted by Crippen LogP contribution is 2.38. The Kier molecular flexibility index (Phi) is 11.2. The highest BCUT2D eigenvalue weighted by Gasteiger charge is 2.26. The Bertz CT molecular complexity index is 613. The molecule has 1 rings (SSSR count). The zero-order valence-electron chi connectivity index (χ0n) is 17.4. The number of allylic oxidation sites excluding steroid dienone is 4. The van der Waals surface area contributed by atoms with Crippen molar-refractivity contribution >= 4 is 17.8 Å². The lowest BCUT2D eigenvalue weighted by Crippen LogP contribution is -2.16. The van der Waals surface area contributed by atoms with E-state index in [0.29, 0.717) is 25.3 Å². The fourth-order valence-corrected chi connectivity index (χ4v) is 5.46. The third kappa shape index (κ3) is 8.55. The highest BCUT2D eigenvalue weighted by molar-refractivity contribution is 6.55. The zero-order chi connectivity index (χ0) is 21.3. The van der Waals surface area contributed by atoms with Crippen LogP contribution in [0.25, 0.3) is 0 Å². The smallest absolute Gasteiger partial charge is 0.169 e. The second-order valence-corrected chi connectivity index (χ2v) is 13.9. The SMILES string of the molecule is C=C(O)/C=C(/C1=C(CC[SiH](C)O)CC=C(F)C(O)C1)C(CCF)CC[SiH](C)C. The van der Waals surface area contributed by atoms with Crippen LogP contribution >= 0.6 is 0 Å². The molecule has 0 aliphatic heterocycles.